The SMILES string of the molecule is Cc1cc(C(C)Nc2ccccc2C(=O)O)c2nc(N3CCC4(CC3)CN(C(=O)OC(C)(C)C)C4)n(C)c(=O)c2c1. The Balaban J connectivity index is 1.39. The standard InChI is InChI=1S/C31H39N5O5/c1-19-15-22(20(2)32-24-10-8-7-9-21(24)27(38)39)25-23(16-19)26(37)34(6)28(33-25)35-13-11-31(12-14-35)17-36(18-31)29(40)41-30(3,4)5/h7-10,15-16,20,32H,11-14,17-18H2,1-6H3,(H,38,39). The van der Waals surface area contributed by atoms with Crippen LogP contribution in [0.5, 0.6) is 0 Å². The Labute approximate surface area is 239 Å². The number of likely N-dealkylation sites (tertiary alicyclic amines) is 1. The number of rotatable bonds is 5. The first-order valence-electron chi connectivity index (χ1n) is 14.1. The molecule has 1 aromatic heterocycles. The number of piperidine rings is 1. The second-order valence-corrected chi connectivity index (χ2v) is 12.6. The number of fused-ring (bicyclic) bond motifs is 1. The van der Waals surface area contributed by atoms with Crippen molar-refractivity contribution in [1.82, 2.24) is 14.5 Å². The second kappa shape index (κ2) is 10.4. The van der Waals surface area contributed by atoms with E-state index < -0.39 is 11.6 Å². The van der Waals surface area contributed by atoms with Crippen LogP contribution in [0.2, 0.25) is 0 Å². The van der Waals surface area contributed by atoms with Crippen molar-refractivity contribution in [2.24, 2.45) is 12.5 Å². The lowest BCUT2D eigenvalue weighted by Crippen LogP contribution is -2.62. The monoisotopic (exact) mass is 561 g/mol. The van der Waals surface area contributed by atoms with E-state index in [1.807, 2.05) is 46.8 Å². The molecule has 2 N–H and O–H groups in total. The summed E-state index contributed by atoms with van der Waals surface area (Å²) in [6.07, 6.45) is 1.52. The van der Waals surface area contributed by atoms with Crippen LogP contribution in [0.15, 0.2) is 41.2 Å². The highest BCUT2D eigenvalue weighted by atomic mass is 16.6. The van der Waals surface area contributed by atoms with Crippen LogP contribution in [0, 0.1) is 12.3 Å². The first-order valence-corrected chi connectivity index (χ1v) is 14.1. The van der Waals surface area contributed by atoms with E-state index in [1.165, 1.54) is 0 Å². The van der Waals surface area contributed by atoms with Crippen molar-refractivity contribution in [2.75, 3.05) is 36.4 Å². The van der Waals surface area contributed by atoms with Crippen molar-refractivity contribution in [3.63, 3.8) is 0 Å². The molecule has 1 amide bonds. The highest BCUT2D eigenvalue weighted by Gasteiger charge is 2.48. The number of nitrogens with zero attached hydrogens (tertiary/aromatic N) is 4. The number of anilines is 2. The number of hydrogen-bond acceptors (Lipinski definition) is 7. The first kappa shape index (κ1) is 28.4. The molecule has 2 aliphatic heterocycles. The van der Waals surface area contributed by atoms with Crippen LogP contribution in [-0.2, 0) is 11.8 Å². The van der Waals surface area contributed by atoms with Crippen LogP contribution in [0.4, 0.5) is 16.4 Å². The lowest BCUT2D eigenvalue weighted by molar-refractivity contribution is -0.0435. The molecule has 2 fully saturated rings. The minimum Gasteiger partial charge on any atom is -0.478 e. The maximum atomic E-state index is 13.6. The van der Waals surface area contributed by atoms with Gasteiger partial charge in [-0.15, -0.1) is 0 Å². The lowest BCUT2D eigenvalue weighted by atomic mass is 9.72. The van der Waals surface area contributed by atoms with E-state index in [0.29, 0.717) is 35.6 Å². The van der Waals surface area contributed by atoms with Crippen LogP contribution in [0.1, 0.15) is 68.1 Å². The number of benzene rings is 2. The van der Waals surface area contributed by atoms with Gasteiger partial charge in [0, 0.05) is 49.9 Å². The van der Waals surface area contributed by atoms with Gasteiger partial charge in [-0.05, 0) is 71.2 Å². The van der Waals surface area contributed by atoms with Gasteiger partial charge in [0.1, 0.15) is 5.60 Å². The van der Waals surface area contributed by atoms with Crippen LogP contribution in [0.3, 0.4) is 0 Å². The molecule has 5 rings (SSSR count). The molecule has 0 saturated carbocycles. The van der Waals surface area contributed by atoms with Crippen LogP contribution < -0.4 is 15.8 Å². The topological polar surface area (TPSA) is 117 Å². The number of aromatic carboxylic acids is 1. The van der Waals surface area contributed by atoms with Crippen molar-refractivity contribution in [1.29, 1.82) is 0 Å². The molecule has 1 spiro atoms. The summed E-state index contributed by atoms with van der Waals surface area (Å²) in [5.41, 5.74) is 2.51. The van der Waals surface area contributed by atoms with E-state index in [2.05, 4.69) is 10.2 Å². The Hall–Kier alpha value is -4.08. The van der Waals surface area contributed by atoms with Crippen molar-refractivity contribution >= 4 is 34.6 Å². The Kier molecular flexibility index (Phi) is 7.21. The number of carboxylic acid groups (broad SMARTS) is 1. The molecular weight excluding hydrogens is 522 g/mol. The van der Waals surface area contributed by atoms with Crippen molar-refractivity contribution < 1.29 is 19.4 Å². The highest BCUT2D eigenvalue weighted by Crippen LogP contribution is 2.42. The zero-order chi connectivity index (χ0) is 29.7. The Morgan fingerprint density at radius 2 is 1.78 bits per heavy atom. The van der Waals surface area contributed by atoms with E-state index in [0.717, 1.165) is 37.1 Å². The number of hydrogen-bond donors (Lipinski definition) is 2. The largest absolute Gasteiger partial charge is 0.478 e. The zero-order valence-electron chi connectivity index (χ0n) is 24.7. The molecule has 2 saturated heterocycles. The van der Waals surface area contributed by atoms with Gasteiger partial charge in [-0.3, -0.25) is 9.36 Å². The third kappa shape index (κ3) is 5.60. The summed E-state index contributed by atoms with van der Waals surface area (Å²) in [4.78, 5) is 46.8. The third-order valence-corrected chi connectivity index (χ3v) is 8.14. The molecule has 1 atom stereocenters. The van der Waals surface area contributed by atoms with Gasteiger partial charge < -0.3 is 25.0 Å². The van der Waals surface area contributed by atoms with E-state index in [9.17, 15) is 19.5 Å². The van der Waals surface area contributed by atoms with Crippen LogP contribution in [0.25, 0.3) is 10.9 Å². The van der Waals surface area contributed by atoms with E-state index in [-0.39, 0.29) is 28.7 Å². The number of carbonyl (C=O) groups is 2. The minimum absolute atomic E-state index is 0.0708. The van der Waals surface area contributed by atoms with Gasteiger partial charge in [0.15, 0.2) is 0 Å². The van der Waals surface area contributed by atoms with Crippen LogP contribution >= 0.6 is 0 Å². The minimum atomic E-state index is -1.01. The molecule has 3 heterocycles. The molecule has 2 aliphatic rings. The summed E-state index contributed by atoms with van der Waals surface area (Å²) in [5.74, 6) is -0.392. The van der Waals surface area contributed by atoms with E-state index >= 15 is 0 Å². The zero-order valence-corrected chi connectivity index (χ0v) is 24.7. The molecule has 41 heavy (non-hydrogen) atoms. The predicted molar refractivity (Wildman–Crippen MR) is 159 cm³/mol. The number of aromatic nitrogens is 2. The molecule has 2 aromatic carbocycles. The summed E-state index contributed by atoms with van der Waals surface area (Å²) >= 11 is 0. The maximum Gasteiger partial charge on any atom is 0.410 e. The number of ether oxygens (including phenoxy) is 1. The second-order valence-electron chi connectivity index (χ2n) is 12.6. The lowest BCUT2D eigenvalue weighted by Gasteiger charge is -2.53. The van der Waals surface area contributed by atoms with Gasteiger partial charge >= 0.3 is 12.1 Å². The summed E-state index contributed by atoms with van der Waals surface area (Å²) in [7, 11) is 1.76. The fourth-order valence-electron chi connectivity index (χ4n) is 5.98. The van der Waals surface area contributed by atoms with E-state index in [4.69, 9.17) is 9.72 Å². The number of carboxylic acids is 1. The number of aryl methyl sites for hydroxylation is 1. The molecule has 0 radical (unpaired) electrons. The van der Waals surface area contributed by atoms with E-state index in [1.54, 1.807) is 40.8 Å². The summed E-state index contributed by atoms with van der Waals surface area (Å²) in [6, 6.07) is 10.4. The fourth-order valence-corrected chi connectivity index (χ4v) is 5.98. The van der Waals surface area contributed by atoms with Gasteiger partial charge in [-0.25, -0.2) is 14.6 Å². The fraction of sp³-hybridized carbons (Fsp3) is 0.484. The quantitative estimate of drug-likeness (QED) is 0.450. The number of nitrogens with one attached hydrogen (secondary N) is 1. The normalized spacial score (nSPS) is 17.3. The number of carbonyl (C=O) groups excluding carboxylic acids is 1. The average Bonchev–Trinajstić information content (AvgIpc) is 2.88. The first-order chi connectivity index (χ1) is 19.3. The predicted octanol–water partition coefficient (Wildman–Crippen LogP) is 4.95. The highest BCUT2D eigenvalue weighted by molar-refractivity contribution is 5.94. The van der Waals surface area contributed by atoms with Crippen molar-refractivity contribution in [3.05, 3.63) is 63.4 Å². The van der Waals surface area contributed by atoms with Crippen molar-refractivity contribution in [2.45, 2.75) is 59.1 Å². The molecule has 10 nitrogen and oxygen atoms in total. The Morgan fingerprint density at radius 1 is 1.12 bits per heavy atom. The van der Waals surface area contributed by atoms with Crippen LogP contribution in [-0.4, -0.2) is 63.4 Å². The molecule has 3 aromatic rings. The summed E-state index contributed by atoms with van der Waals surface area (Å²) in [5, 5.41) is 13.5. The summed E-state index contributed by atoms with van der Waals surface area (Å²) < 4.78 is 7.14. The smallest absolute Gasteiger partial charge is 0.410 e. The van der Waals surface area contributed by atoms with Gasteiger partial charge in [-0.2, -0.15) is 0 Å². The van der Waals surface area contributed by atoms with Gasteiger partial charge in [0.05, 0.1) is 22.5 Å². The summed E-state index contributed by atoms with van der Waals surface area (Å²) in [6.45, 7) is 12.3. The van der Waals surface area contributed by atoms with Crippen molar-refractivity contribution in [3.8, 4) is 0 Å². The van der Waals surface area contributed by atoms with Gasteiger partial charge in [0.25, 0.3) is 5.56 Å². The molecule has 218 valence electrons. The molecule has 0 aliphatic carbocycles. The molecule has 10 heteroatoms. The Bertz CT molecular complexity index is 1560. The maximum absolute atomic E-state index is 13.6. The molecule has 1 unspecified atom stereocenters. The average molecular weight is 562 g/mol. The third-order valence-electron chi connectivity index (χ3n) is 8.14. The van der Waals surface area contributed by atoms with Gasteiger partial charge in [-0.1, -0.05) is 18.2 Å². The Morgan fingerprint density at radius 3 is 2.41 bits per heavy atom. The number of amides is 1. The molecule has 0 bridgehead atoms. The van der Waals surface area contributed by atoms with Gasteiger partial charge in [0.2, 0.25) is 5.95 Å². The molecular formula is C31H39N5O5. The number of para-hydroxylation sites is 1.